The molecule has 2 aromatic rings. The quantitative estimate of drug-likeness (QED) is 0.664. The number of nitrogens with one attached hydrogen (secondary N) is 1. The first-order chi connectivity index (χ1) is 8.56. The number of hydrogen-bond donors (Lipinski definition) is 1. The van der Waals surface area contributed by atoms with Gasteiger partial charge in [0.1, 0.15) is 0 Å². The van der Waals surface area contributed by atoms with Gasteiger partial charge in [0, 0.05) is 28.9 Å². The van der Waals surface area contributed by atoms with E-state index in [1.165, 1.54) is 29.5 Å². The predicted molar refractivity (Wildman–Crippen MR) is 74.8 cm³/mol. The van der Waals surface area contributed by atoms with Gasteiger partial charge in [-0.05, 0) is 12.1 Å². The molecule has 1 aromatic heterocycles. The van der Waals surface area contributed by atoms with Crippen molar-refractivity contribution in [1.82, 2.24) is 0 Å². The van der Waals surface area contributed by atoms with E-state index in [4.69, 9.17) is 23.2 Å². The summed E-state index contributed by atoms with van der Waals surface area (Å²) in [6.07, 6.45) is 0. The minimum Gasteiger partial charge on any atom is -0.379 e. The molecular weight excluding hydrogens is 295 g/mol. The maximum atomic E-state index is 10.7. The lowest BCUT2D eigenvalue weighted by atomic mass is 10.2. The first-order valence-corrected chi connectivity index (χ1v) is 6.60. The van der Waals surface area contributed by atoms with Gasteiger partial charge in [-0.3, -0.25) is 10.1 Å². The molecule has 0 radical (unpaired) electrons. The molecule has 2 rings (SSSR count). The lowest BCUT2D eigenvalue weighted by Gasteiger charge is -2.06. The zero-order valence-electron chi connectivity index (χ0n) is 9.02. The van der Waals surface area contributed by atoms with Crippen LogP contribution in [0.25, 0.3) is 0 Å². The number of anilines is 1. The zero-order valence-corrected chi connectivity index (χ0v) is 11.4. The summed E-state index contributed by atoms with van der Waals surface area (Å²) in [6.45, 7) is 0.526. The van der Waals surface area contributed by atoms with Crippen molar-refractivity contribution in [3.63, 3.8) is 0 Å². The third kappa shape index (κ3) is 3.13. The molecule has 0 fully saturated rings. The maximum Gasteiger partial charge on any atom is 0.271 e. The van der Waals surface area contributed by atoms with Gasteiger partial charge in [0.2, 0.25) is 0 Å². The zero-order chi connectivity index (χ0) is 13.1. The number of hydrogen-bond acceptors (Lipinski definition) is 4. The van der Waals surface area contributed by atoms with E-state index in [0.717, 1.165) is 4.88 Å². The van der Waals surface area contributed by atoms with Gasteiger partial charge in [-0.15, -0.1) is 11.3 Å². The van der Waals surface area contributed by atoms with Crippen LogP contribution in [-0.4, -0.2) is 4.92 Å². The van der Waals surface area contributed by atoms with E-state index >= 15 is 0 Å². The average molecular weight is 303 g/mol. The van der Waals surface area contributed by atoms with Gasteiger partial charge >= 0.3 is 0 Å². The Labute approximate surface area is 117 Å². The van der Waals surface area contributed by atoms with Crippen LogP contribution in [0.5, 0.6) is 0 Å². The third-order valence-electron chi connectivity index (χ3n) is 2.24. The standard InChI is InChI=1S/C11H8Cl2N2O2S/c12-7-3-9(18-6-7)5-14-11-4-8(15(16)17)1-2-10(11)13/h1-4,6,14H,5H2. The van der Waals surface area contributed by atoms with Crippen LogP contribution < -0.4 is 5.32 Å². The van der Waals surface area contributed by atoms with Gasteiger partial charge in [-0.2, -0.15) is 0 Å². The molecule has 0 aliphatic carbocycles. The molecule has 18 heavy (non-hydrogen) atoms. The third-order valence-corrected chi connectivity index (χ3v) is 3.85. The van der Waals surface area contributed by atoms with Crippen LogP contribution >= 0.6 is 34.5 Å². The molecule has 4 nitrogen and oxygen atoms in total. The Morgan fingerprint density at radius 2 is 2.11 bits per heavy atom. The van der Waals surface area contributed by atoms with E-state index < -0.39 is 4.92 Å². The van der Waals surface area contributed by atoms with Gasteiger partial charge in [0.15, 0.2) is 0 Å². The van der Waals surface area contributed by atoms with E-state index in [0.29, 0.717) is 22.3 Å². The Morgan fingerprint density at radius 1 is 1.33 bits per heavy atom. The normalized spacial score (nSPS) is 10.3. The second kappa shape index (κ2) is 5.56. The Hall–Kier alpha value is -1.30. The van der Waals surface area contributed by atoms with Crippen molar-refractivity contribution in [2.75, 3.05) is 5.32 Å². The Morgan fingerprint density at radius 3 is 2.72 bits per heavy atom. The average Bonchev–Trinajstić information content (AvgIpc) is 2.74. The number of rotatable bonds is 4. The van der Waals surface area contributed by atoms with Crippen molar-refractivity contribution in [3.05, 3.63) is 54.7 Å². The molecule has 0 saturated heterocycles. The molecule has 94 valence electrons. The fourth-order valence-electron chi connectivity index (χ4n) is 1.39. The fraction of sp³-hybridized carbons (Fsp3) is 0.0909. The molecule has 0 aliphatic rings. The first-order valence-electron chi connectivity index (χ1n) is 4.97. The summed E-state index contributed by atoms with van der Waals surface area (Å²) in [5.74, 6) is 0. The van der Waals surface area contributed by atoms with Gasteiger partial charge in [0.25, 0.3) is 5.69 Å². The summed E-state index contributed by atoms with van der Waals surface area (Å²) in [7, 11) is 0. The molecule has 0 spiro atoms. The molecule has 7 heteroatoms. The van der Waals surface area contributed by atoms with Gasteiger partial charge in [0.05, 0.1) is 20.7 Å². The molecule has 0 saturated carbocycles. The SMILES string of the molecule is O=[N+]([O-])c1ccc(Cl)c(NCc2cc(Cl)cs2)c1. The summed E-state index contributed by atoms with van der Waals surface area (Å²) < 4.78 is 0. The predicted octanol–water partition coefficient (Wildman–Crippen LogP) is 4.58. The highest BCUT2D eigenvalue weighted by atomic mass is 35.5. The number of nitro benzene ring substituents is 1. The van der Waals surface area contributed by atoms with Crippen LogP contribution in [-0.2, 0) is 6.54 Å². The number of non-ortho nitro benzene ring substituents is 1. The van der Waals surface area contributed by atoms with Crippen molar-refractivity contribution in [2.45, 2.75) is 6.54 Å². The summed E-state index contributed by atoms with van der Waals surface area (Å²) in [5.41, 5.74) is 0.543. The van der Waals surface area contributed by atoms with Gasteiger partial charge in [-0.25, -0.2) is 0 Å². The number of nitrogens with zero attached hydrogens (tertiary/aromatic N) is 1. The number of halogens is 2. The summed E-state index contributed by atoms with van der Waals surface area (Å²) in [5, 5.41) is 16.7. The molecule has 1 N–H and O–H groups in total. The van der Waals surface area contributed by atoms with Crippen molar-refractivity contribution >= 4 is 45.9 Å². The van der Waals surface area contributed by atoms with Crippen molar-refractivity contribution in [2.24, 2.45) is 0 Å². The number of benzene rings is 1. The maximum absolute atomic E-state index is 10.7. The van der Waals surface area contributed by atoms with E-state index in [-0.39, 0.29) is 5.69 Å². The largest absolute Gasteiger partial charge is 0.379 e. The number of nitro groups is 1. The lowest BCUT2D eigenvalue weighted by Crippen LogP contribution is -1.99. The second-order valence-corrected chi connectivity index (χ2v) is 5.35. The van der Waals surface area contributed by atoms with Crippen molar-refractivity contribution in [3.8, 4) is 0 Å². The molecular formula is C11H8Cl2N2O2S. The van der Waals surface area contributed by atoms with Crippen LogP contribution in [0, 0.1) is 10.1 Å². The lowest BCUT2D eigenvalue weighted by molar-refractivity contribution is -0.384. The van der Waals surface area contributed by atoms with Gasteiger partial charge in [-0.1, -0.05) is 23.2 Å². The second-order valence-electron chi connectivity index (χ2n) is 3.51. The summed E-state index contributed by atoms with van der Waals surface area (Å²) >= 11 is 13.3. The highest BCUT2D eigenvalue weighted by Gasteiger charge is 2.09. The molecule has 1 heterocycles. The van der Waals surface area contributed by atoms with Crippen LogP contribution in [0.2, 0.25) is 10.0 Å². The number of thiophene rings is 1. The molecule has 0 amide bonds. The van der Waals surface area contributed by atoms with Crippen molar-refractivity contribution in [1.29, 1.82) is 0 Å². The minimum atomic E-state index is -0.455. The van der Waals surface area contributed by atoms with Crippen LogP contribution in [0.3, 0.4) is 0 Å². The fourth-order valence-corrected chi connectivity index (χ4v) is 2.59. The topological polar surface area (TPSA) is 55.2 Å². The van der Waals surface area contributed by atoms with Crippen molar-refractivity contribution < 1.29 is 4.92 Å². The minimum absolute atomic E-state index is 0.00566. The van der Waals surface area contributed by atoms with Crippen LogP contribution in [0.15, 0.2) is 29.6 Å². The van der Waals surface area contributed by atoms with Gasteiger partial charge < -0.3 is 5.32 Å². The van der Waals surface area contributed by atoms with Crippen LogP contribution in [0.4, 0.5) is 11.4 Å². The van der Waals surface area contributed by atoms with Crippen LogP contribution in [0.1, 0.15) is 4.88 Å². The molecule has 0 unspecified atom stereocenters. The molecule has 0 atom stereocenters. The summed E-state index contributed by atoms with van der Waals surface area (Å²) in [4.78, 5) is 11.2. The highest BCUT2D eigenvalue weighted by molar-refractivity contribution is 7.10. The monoisotopic (exact) mass is 302 g/mol. The Bertz CT molecular complexity index is 586. The van der Waals surface area contributed by atoms with E-state index in [1.807, 2.05) is 11.4 Å². The summed E-state index contributed by atoms with van der Waals surface area (Å²) in [6, 6.07) is 6.13. The molecule has 1 aromatic carbocycles. The smallest absolute Gasteiger partial charge is 0.271 e. The Balaban J connectivity index is 2.13. The van der Waals surface area contributed by atoms with E-state index in [1.54, 1.807) is 0 Å². The Kier molecular flexibility index (Phi) is 4.06. The van der Waals surface area contributed by atoms with E-state index in [9.17, 15) is 10.1 Å². The molecule has 0 bridgehead atoms. The first kappa shape index (κ1) is 13.1. The molecule has 0 aliphatic heterocycles. The van der Waals surface area contributed by atoms with E-state index in [2.05, 4.69) is 5.32 Å². The highest BCUT2D eigenvalue weighted by Crippen LogP contribution is 2.28.